The number of aromatic nitrogens is 1. The Kier molecular flexibility index (Phi) is 3.40. The molecule has 4 nitrogen and oxygen atoms in total. The Hall–Kier alpha value is -1.79. The predicted octanol–water partition coefficient (Wildman–Crippen LogP) is 2.34. The standard InChI is InChI=1S/C12H11FN2O2S/c1-6-2-3-8(13)7(4-6)11-15-9(5-18-11)10(14)12(16)17/h2-5,10H,14H2,1H3,(H,16,17). The van der Waals surface area contributed by atoms with Crippen molar-refractivity contribution in [2.24, 2.45) is 5.73 Å². The molecule has 2 aromatic rings. The molecule has 0 aliphatic rings. The number of aliphatic carboxylic acids is 1. The summed E-state index contributed by atoms with van der Waals surface area (Å²) in [7, 11) is 0. The second-order valence-electron chi connectivity index (χ2n) is 3.88. The van der Waals surface area contributed by atoms with Crippen LogP contribution in [-0.4, -0.2) is 16.1 Å². The van der Waals surface area contributed by atoms with Crippen LogP contribution in [0.5, 0.6) is 0 Å². The molecule has 0 fully saturated rings. The zero-order chi connectivity index (χ0) is 13.3. The van der Waals surface area contributed by atoms with Crippen LogP contribution in [0.15, 0.2) is 23.6 Å². The van der Waals surface area contributed by atoms with Crippen molar-refractivity contribution in [2.75, 3.05) is 0 Å². The third-order valence-electron chi connectivity index (χ3n) is 2.46. The molecule has 0 aliphatic heterocycles. The summed E-state index contributed by atoms with van der Waals surface area (Å²) in [4.78, 5) is 14.8. The van der Waals surface area contributed by atoms with Crippen LogP contribution in [0.25, 0.3) is 10.6 Å². The summed E-state index contributed by atoms with van der Waals surface area (Å²) in [5.41, 5.74) is 6.96. The van der Waals surface area contributed by atoms with Crippen molar-refractivity contribution >= 4 is 17.3 Å². The average Bonchev–Trinajstić information content (AvgIpc) is 2.80. The molecule has 3 N–H and O–H groups in total. The Bertz CT molecular complexity index is 598. The zero-order valence-corrected chi connectivity index (χ0v) is 10.4. The number of benzene rings is 1. The maximum absolute atomic E-state index is 13.6. The number of hydrogen-bond acceptors (Lipinski definition) is 4. The number of carboxylic acid groups (broad SMARTS) is 1. The van der Waals surface area contributed by atoms with Crippen LogP contribution in [0.1, 0.15) is 17.3 Å². The van der Waals surface area contributed by atoms with E-state index in [0.717, 1.165) is 5.56 Å². The monoisotopic (exact) mass is 266 g/mol. The van der Waals surface area contributed by atoms with Crippen LogP contribution in [0, 0.1) is 12.7 Å². The van der Waals surface area contributed by atoms with E-state index in [-0.39, 0.29) is 11.5 Å². The zero-order valence-electron chi connectivity index (χ0n) is 9.55. The van der Waals surface area contributed by atoms with E-state index in [9.17, 15) is 9.18 Å². The lowest BCUT2D eigenvalue weighted by Gasteiger charge is -2.02. The number of carbonyl (C=O) groups is 1. The highest BCUT2D eigenvalue weighted by molar-refractivity contribution is 7.13. The molecule has 1 unspecified atom stereocenters. The number of thiazole rings is 1. The molecule has 0 aliphatic carbocycles. The summed E-state index contributed by atoms with van der Waals surface area (Å²) in [5.74, 6) is -1.54. The van der Waals surface area contributed by atoms with Crippen molar-refractivity contribution in [3.63, 3.8) is 0 Å². The summed E-state index contributed by atoms with van der Waals surface area (Å²) >= 11 is 1.18. The van der Waals surface area contributed by atoms with Crippen molar-refractivity contribution in [1.82, 2.24) is 4.98 Å². The van der Waals surface area contributed by atoms with Crippen LogP contribution in [0.4, 0.5) is 4.39 Å². The quantitative estimate of drug-likeness (QED) is 0.894. The van der Waals surface area contributed by atoms with Crippen LogP contribution in [-0.2, 0) is 4.79 Å². The van der Waals surface area contributed by atoms with E-state index in [0.29, 0.717) is 10.6 Å². The average molecular weight is 266 g/mol. The van der Waals surface area contributed by atoms with Gasteiger partial charge in [0.05, 0.1) is 5.69 Å². The highest BCUT2D eigenvalue weighted by Crippen LogP contribution is 2.28. The van der Waals surface area contributed by atoms with E-state index in [1.54, 1.807) is 12.1 Å². The normalized spacial score (nSPS) is 12.4. The molecule has 1 heterocycles. The Morgan fingerprint density at radius 1 is 1.56 bits per heavy atom. The summed E-state index contributed by atoms with van der Waals surface area (Å²) < 4.78 is 13.6. The lowest BCUT2D eigenvalue weighted by molar-refractivity contribution is -0.138. The minimum Gasteiger partial charge on any atom is -0.480 e. The number of aryl methyl sites for hydroxylation is 1. The first kappa shape index (κ1) is 12.7. The van der Waals surface area contributed by atoms with Crippen molar-refractivity contribution in [3.8, 4) is 10.6 Å². The Balaban J connectivity index is 2.41. The number of nitrogens with zero attached hydrogens (tertiary/aromatic N) is 1. The Morgan fingerprint density at radius 3 is 2.94 bits per heavy atom. The fourth-order valence-electron chi connectivity index (χ4n) is 1.48. The molecule has 0 bridgehead atoms. The molecule has 1 aromatic heterocycles. The topological polar surface area (TPSA) is 76.2 Å². The molecule has 0 spiro atoms. The molecular formula is C12H11FN2O2S. The number of rotatable bonds is 3. The van der Waals surface area contributed by atoms with Gasteiger partial charge in [-0.3, -0.25) is 4.79 Å². The lowest BCUT2D eigenvalue weighted by atomic mass is 10.1. The van der Waals surface area contributed by atoms with Gasteiger partial charge in [-0.1, -0.05) is 11.6 Å². The van der Waals surface area contributed by atoms with E-state index in [1.807, 2.05) is 6.92 Å². The van der Waals surface area contributed by atoms with Gasteiger partial charge in [-0.05, 0) is 19.1 Å². The van der Waals surface area contributed by atoms with Gasteiger partial charge in [0.15, 0.2) is 0 Å². The van der Waals surface area contributed by atoms with Crippen molar-refractivity contribution in [1.29, 1.82) is 0 Å². The Morgan fingerprint density at radius 2 is 2.28 bits per heavy atom. The molecule has 1 aromatic carbocycles. The van der Waals surface area contributed by atoms with Gasteiger partial charge in [0, 0.05) is 10.9 Å². The molecule has 18 heavy (non-hydrogen) atoms. The van der Waals surface area contributed by atoms with E-state index in [2.05, 4.69) is 4.98 Å². The highest BCUT2D eigenvalue weighted by atomic mass is 32.1. The van der Waals surface area contributed by atoms with Gasteiger partial charge >= 0.3 is 5.97 Å². The summed E-state index contributed by atoms with van der Waals surface area (Å²) in [6.45, 7) is 1.85. The van der Waals surface area contributed by atoms with Crippen LogP contribution in [0.3, 0.4) is 0 Å². The minimum absolute atomic E-state index is 0.239. The smallest absolute Gasteiger partial charge is 0.326 e. The predicted molar refractivity (Wildman–Crippen MR) is 66.8 cm³/mol. The molecule has 6 heteroatoms. The van der Waals surface area contributed by atoms with Gasteiger partial charge in [-0.25, -0.2) is 9.37 Å². The number of nitrogens with two attached hydrogens (primary N) is 1. The molecular weight excluding hydrogens is 255 g/mol. The minimum atomic E-state index is -1.18. The van der Waals surface area contributed by atoms with Gasteiger partial charge < -0.3 is 10.8 Å². The molecule has 0 amide bonds. The van der Waals surface area contributed by atoms with E-state index < -0.39 is 12.0 Å². The molecule has 0 saturated carbocycles. The van der Waals surface area contributed by atoms with Gasteiger partial charge in [-0.2, -0.15) is 0 Å². The van der Waals surface area contributed by atoms with Crippen LogP contribution < -0.4 is 5.73 Å². The second kappa shape index (κ2) is 4.83. The third-order valence-corrected chi connectivity index (χ3v) is 3.35. The lowest BCUT2D eigenvalue weighted by Crippen LogP contribution is -2.20. The second-order valence-corrected chi connectivity index (χ2v) is 4.73. The highest BCUT2D eigenvalue weighted by Gasteiger charge is 2.19. The number of carboxylic acids is 1. The summed E-state index contributed by atoms with van der Waals surface area (Å²) in [6.07, 6.45) is 0. The van der Waals surface area contributed by atoms with Gasteiger partial charge in [-0.15, -0.1) is 11.3 Å². The third kappa shape index (κ3) is 2.39. The maximum Gasteiger partial charge on any atom is 0.326 e. The fraction of sp³-hybridized carbons (Fsp3) is 0.167. The summed E-state index contributed by atoms with van der Waals surface area (Å²) in [5, 5.41) is 10.8. The number of hydrogen-bond donors (Lipinski definition) is 2. The van der Waals surface area contributed by atoms with Crippen molar-refractivity contribution in [3.05, 3.63) is 40.7 Å². The summed E-state index contributed by atoms with van der Waals surface area (Å²) in [6, 6.07) is 3.52. The van der Waals surface area contributed by atoms with E-state index >= 15 is 0 Å². The maximum atomic E-state index is 13.6. The fourth-order valence-corrected chi connectivity index (χ4v) is 2.36. The first-order chi connectivity index (χ1) is 8.49. The molecule has 94 valence electrons. The van der Waals surface area contributed by atoms with Crippen molar-refractivity contribution in [2.45, 2.75) is 13.0 Å². The Labute approximate surface area is 107 Å². The molecule has 0 saturated heterocycles. The van der Waals surface area contributed by atoms with Crippen LogP contribution in [0.2, 0.25) is 0 Å². The first-order valence-electron chi connectivity index (χ1n) is 5.19. The van der Waals surface area contributed by atoms with E-state index in [4.69, 9.17) is 10.8 Å². The molecule has 2 rings (SSSR count). The van der Waals surface area contributed by atoms with Gasteiger partial charge in [0.1, 0.15) is 16.9 Å². The van der Waals surface area contributed by atoms with Gasteiger partial charge in [0.25, 0.3) is 0 Å². The van der Waals surface area contributed by atoms with Gasteiger partial charge in [0.2, 0.25) is 0 Å². The molecule has 1 atom stereocenters. The van der Waals surface area contributed by atoms with Crippen LogP contribution >= 0.6 is 11.3 Å². The molecule has 0 radical (unpaired) electrons. The SMILES string of the molecule is Cc1ccc(F)c(-c2nc(C(N)C(=O)O)cs2)c1. The largest absolute Gasteiger partial charge is 0.480 e. The van der Waals surface area contributed by atoms with Crippen molar-refractivity contribution < 1.29 is 14.3 Å². The number of halogens is 1. The van der Waals surface area contributed by atoms with E-state index in [1.165, 1.54) is 22.8 Å². The first-order valence-corrected chi connectivity index (χ1v) is 6.07.